The van der Waals surface area contributed by atoms with Crippen molar-refractivity contribution in [3.8, 4) is 5.75 Å². The van der Waals surface area contributed by atoms with Gasteiger partial charge < -0.3 is 19.3 Å². The number of para-hydroxylation sites is 3. The Labute approximate surface area is 203 Å². The van der Waals surface area contributed by atoms with Crippen molar-refractivity contribution in [2.45, 2.75) is 38.8 Å². The van der Waals surface area contributed by atoms with Crippen molar-refractivity contribution in [1.29, 1.82) is 0 Å². The molecule has 0 bridgehead atoms. The van der Waals surface area contributed by atoms with Gasteiger partial charge in [0.15, 0.2) is 0 Å². The Hall–Kier alpha value is -3.71. The molecule has 1 aliphatic heterocycles. The fraction of sp³-hybridized carbons (Fsp3) is 0.286. The lowest BCUT2D eigenvalue weighted by molar-refractivity contribution is -0.117. The first kappa shape index (κ1) is 23.1. The fourth-order valence-corrected chi connectivity index (χ4v) is 4.84. The first-order valence-corrected chi connectivity index (χ1v) is 11.8. The van der Waals surface area contributed by atoms with E-state index in [0.29, 0.717) is 12.2 Å². The molecule has 0 saturated carbocycles. The van der Waals surface area contributed by atoms with Crippen molar-refractivity contribution < 1.29 is 19.0 Å². The van der Waals surface area contributed by atoms with E-state index >= 15 is 0 Å². The second kappa shape index (κ2) is 9.50. The summed E-state index contributed by atoms with van der Waals surface area (Å²) in [6.07, 6.45) is -0.503. The van der Waals surface area contributed by atoms with Crippen LogP contribution in [0.3, 0.4) is 0 Å². The summed E-state index contributed by atoms with van der Waals surface area (Å²) in [5, 5.41) is 10.9. The zero-order chi connectivity index (χ0) is 24.5. The van der Waals surface area contributed by atoms with Crippen LogP contribution in [0.4, 0.5) is 10.1 Å². The van der Waals surface area contributed by atoms with Gasteiger partial charge in [-0.25, -0.2) is 9.37 Å². The summed E-state index contributed by atoms with van der Waals surface area (Å²) < 4.78 is 21.7. The van der Waals surface area contributed by atoms with Gasteiger partial charge in [0.1, 0.15) is 30.1 Å². The number of halogens is 1. The molecular formula is C28H28FN3O3. The lowest BCUT2D eigenvalue weighted by Gasteiger charge is -2.20. The summed E-state index contributed by atoms with van der Waals surface area (Å²) in [4.78, 5) is 19.3. The van der Waals surface area contributed by atoms with E-state index in [1.165, 1.54) is 12.1 Å². The number of amides is 1. The van der Waals surface area contributed by atoms with Gasteiger partial charge in [-0.05, 0) is 55.3 Å². The highest BCUT2D eigenvalue weighted by Crippen LogP contribution is 2.33. The van der Waals surface area contributed by atoms with Crippen LogP contribution in [0.5, 0.6) is 5.75 Å². The van der Waals surface area contributed by atoms with Gasteiger partial charge in [0.2, 0.25) is 5.91 Å². The number of aliphatic hydroxyl groups is 1. The number of carbonyl (C=O) groups is 1. The zero-order valence-corrected chi connectivity index (χ0v) is 19.8. The van der Waals surface area contributed by atoms with E-state index in [0.717, 1.165) is 33.7 Å². The second-order valence-electron chi connectivity index (χ2n) is 9.14. The number of carbonyl (C=O) groups excluding carboxylic acids is 1. The molecule has 4 aromatic rings. The highest BCUT2D eigenvalue weighted by molar-refractivity contribution is 5.96. The van der Waals surface area contributed by atoms with Crippen LogP contribution in [-0.2, 0) is 11.3 Å². The van der Waals surface area contributed by atoms with E-state index in [2.05, 4.69) is 0 Å². The third kappa shape index (κ3) is 4.64. The Bertz CT molecular complexity index is 1360. The number of hydrogen-bond donors (Lipinski definition) is 1. The van der Waals surface area contributed by atoms with E-state index in [1.807, 2.05) is 60.9 Å². The number of aromatic nitrogens is 2. The van der Waals surface area contributed by atoms with Gasteiger partial charge >= 0.3 is 0 Å². The van der Waals surface area contributed by atoms with Crippen molar-refractivity contribution in [1.82, 2.24) is 9.55 Å². The number of aliphatic hydroxyl groups excluding tert-OH is 1. The minimum Gasteiger partial charge on any atom is -0.490 e. The predicted molar refractivity (Wildman–Crippen MR) is 133 cm³/mol. The van der Waals surface area contributed by atoms with Crippen LogP contribution in [0, 0.1) is 19.7 Å². The van der Waals surface area contributed by atoms with Gasteiger partial charge in [-0.2, -0.15) is 0 Å². The molecule has 0 radical (unpaired) electrons. The van der Waals surface area contributed by atoms with Gasteiger partial charge in [-0.1, -0.05) is 36.4 Å². The smallest absolute Gasteiger partial charge is 0.227 e. The minimum absolute atomic E-state index is 0.0712. The van der Waals surface area contributed by atoms with Crippen LogP contribution in [0.2, 0.25) is 0 Å². The molecule has 1 saturated heterocycles. The SMILES string of the molecule is Cc1cccc(C)c1OC[C@H](O)Cn1c([C@H]2CC(=O)N(c3cccc(F)c3)C2)nc2ccccc21. The van der Waals surface area contributed by atoms with Crippen LogP contribution in [-0.4, -0.2) is 39.8 Å². The molecule has 1 aliphatic rings. The van der Waals surface area contributed by atoms with Crippen molar-refractivity contribution in [2.24, 2.45) is 0 Å². The first-order chi connectivity index (χ1) is 16.9. The molecule has 180 valence electrons. The molecule has 5 rings (SSSR count). The number of benzene rings is 3. The Morgan fingerprint density at radius 2 is 1.83 bits per heavy atom. The summed E-state index contributed by atoms with van der Waals surface area (Å²) >= 11 is 0. The zero-order valence-electron chi connectivity index (χ0n) is 19.8. The second-order valence-corrected chi connectivity index (χ2v) is 9.14. The van der Waals surface area contributed by atoms with E-state index in [1.54, 1.807) is 17.0 Å². The van der Waals surface area contributed by atoms with Gasteiger partial charge in [0.05, 0.1) is 17.6 Å². The topological polar surface area (TPSA) is 67.6 Å². The fourth-order valence-electron chi connectivity index (χ4n) is 4.84. The maximum Gasteiger partial charge on any atom is 0.227 e. The van der Waals surface area contributed by atoms with Crippen molar-refractivity contribution >= 4 is 22.6 Å². The number of hydrogen-bond acceptors (Lipinski definition) is 4. The number of ether oxygens (including phenoxy) is 1. The van der Waals surface area contributed by atoms with Crippen LogP contribution >= 0.6 is 0 Å². The van der Waals surface area contributed by atoms with Gasteiger partial charge in [-0.15, -0.1) is 0 Å². The molecule has 2 heterocycles. The molecule has 6 nitrogen and oxygen atoms in total. The Morgan fingerprint density at radius 1 is 1.09 bits per heavy atom. The molecule has 0 unspecified atom stereocenters. The number of imidazole rings is 1. The number of anilines is 1. The number of nitrogens with zero attached hydrogens (tertiary/aromatic N) is 3. The minimum atomic E-state index is -0.776. The molecule has 1 fully saturated rings. The first-order valence-electron chi connectivity index (χ1n) is 11.8. The average Bonchev–Trinajstić information content (AvgIpc) is 3.39. The van der Waals surface area contributed by atoms with Crippen molar-refractivity contribution in [3.05, 3.63) is 89.5 Å². The number of rotatable bonds is 7. The maximum atomic E-state index is 13.8. The van der Waals surface area contributed by atoms with E-state index in [-0.39, 0.29) is 37.2 Å². The molecule has 0 aliphatic carbocycles. The lowest BCUT2D eigenvalue weighted by Crippen LogP contribution is -2.26. The molecule has 3 aromatic carbocycles. The van der Waals surface area contributed by atoms with Crippen LogP contribution in [0.15, 0.2) is 66.7 Å². The summed E-state index contributed by atoms with van der Waals surface area (Å²) in [6, 6.07) is 19.8. The highest BCUT2D eigenvalue weighted by Gasteiger charge is 2.35. The Kier molecular flexibility index (Phi) is 6.26. The normalized spacial score (nSPS) is 16.7. The Morgan fingerprint density at radius 3 is 2.60 bits per heavy atom. The largest absolute Gasteiger partial charge is 0.490 e. The highest BCUT2D eigenvalue weighted by atomic mass is 19.1. The average molecular weight is 474 g/mol. The summed E-state index contributed by atoms with van der Waals surface area (Å²) in [7, 11) is 0. The molecule has 1 aromatic heterocycles. The molecule has 7 heteroatoms. The number of aryl methyl sites for hydroxylation is 2. The van der Waals surface area contributed by atoms with Crippen molar-refractivity contribution in [3.63, 3.8) is 0 Å². The summed E-state index contributed by atoms with van der Waals surface area (Å²) in [5.74, 6) is 0.903. The molecule has 2 atom stereocenters. The van der Waals surface area contributed by atoms with Crippen LogP contribution < -0.4 is 9.64 Å². The molecular weight excluding hydrogens is 445 g/mol. The molecule has 1 amide bonds. The van der Waals surface area contributed by atoms with Crippen molar-refractivity contribution in [2.75, 3.05) is 18.1 Å². The Balaban J connectivity index is 1.39. The standard InChI is InChI=1S/C28H28FN3O3/c1-18-7-5-8-19(2)27(18)35-17-23(33)16-32-25-12-4-3-11-24(25)30-28(32)20-13-26(34)31(15-20)22-10-6-9-21(29)14-22/h3-12,14,20,23,33H,13,15-17H2,1-2H3/t20-,23+/m0/s1. The maximum absolute atomic E-state index is 13.8. The lowest BCUT2D eigenvalue weighted by atomic mass is 10.1. The molecule has 0 spiro atoms. The summed E-state index contributed by atoms with van der Waals surface area (Å²) in [5.41, 5.74) is 4.29. The van der Waals surface area contributed by atoms with Gasteiger partial charge in [0, 0.05) is 24.6 Å². The third-order valence-electron chi connectivity index (χ3n) is 6.52. The van der Waals surface area contributed by atoms with Crippen LogP contribution in [0.25, 0.3) is 11.0 Å². The van der Waals surface area contributed by atoms with Gasteiger partial charge in [0.25, 0.3) is 0 Å². The third-order valence-corrected chi connectivity index (χ3v) is 6.52. The van der Waals surface area contributed by atoms with E-state index < -0.39 is 6.10 Å². The van der Waals surface area contributed by atoms with Crippen LogP contribution in [0.1, 0.15) is 29.3 Å². The molecule has 1 N–H and O–H groups in total. The predicted octanol–water partition coefficient (Wildman–Crippen LogP) is 4.75. The number of fused-ring (bicyclic) bond motifs is 1. The summed E-state index contributed by atoms with van der Waals surface area (Å²) in [6.45, 7) is 4.79. The van der Waals surface area contributed by atoms with Gasteiger partial charge in [-0.3, -0.25) is 4.79 Å². The monoisotopic (exact) mass is 473 g/mol. The van der Waals surface area contributed by atoms with E-state index in [4.69, 9.17) is 9.72 Å². The molecule has 35 heavy (non-hydrogen) atoms. The quantitative estimate of drug-likeness (QED) is 0.421. The van der Waals surface area contributed by atoms with E-state index in [9.17, 15) is 14.3 Å².